The molecule has 0 saturated carbocycles. The Labute approximate surface area is 67.2 Å². The lowest BCUT2D eigenvalue weighted by Gasteiger charge is -2.06. The average Bonchev–Trinajstić information content (AvgIpc) is 2.06. The molecule has 0 aliphatic carbocycles. The first-order valence-electron chi connectivity index (χ1n) is 3.77. The summed E-state index contributed by atoms with van der Waals surface area (Å²) >= 11 is 0. The quantitative estimate of drug-likeness (QED) is 0.680. The van der Waals surface area contributed by atoms with Crippen molar-refractivity contribution in [1.29, 1.82) is 0 Å². The second kappa shape index (κ2) is 4.11. The topological polar surface area (TPSA) is 49.8 Å². The van der Waals surface area contributed by atoms with Gasteiger partial charge in [-0.3, -0.25) is 5.73 Å². The predicted octanol–water partition coefficient (Wildman–Crippen LogP) is 0.839. The summed E-state index contributed by atoms with van der Waals surface area (Å²) in [6.45, 7) is 0.300. The number of rotatable bonds is 3. The van der Waals surface area contributed by atoms with E-state index in [9.17, 15) is 0 Å². The number of nitrogens with two attached hydrogens (primary N) is 1. The van der Waals surface area contributed by atoms with Gasteiger partial charge in [0, 0.05) is 12.6 Å². The van der Waals surface area contributed by atoms with E-state index in [0.29, 0.717) is 6.54 Å². The first-order chi connectivity index (χ1) is 5.33. The highest BCUT2D eigenvalue weighted by Gasteiger charge is 1.99. The molecule has 2 heteroatoms. The molecule has 0 saturated heterocycles. The zero-order valence-corrected chi connectivity index (χ0v) is 6.46. The predicted molar refractivity (Wildman–Crippen MR) is 46.1 cm³/mol. The fourth-order valence-electron chi connectivity index (χ4n) is 0.989. The number of benzene rings is 1. The number of hydrogen-bond acceptors (Lipinski definition) is 1. The molecule has 11 heavy (non-hydrogen) atoms. The maximum Gasteiger partial charge on any atom is 0.0255 e. The standard InChI is InChI=1S/C9H13N2/c10-7-9(11)6-8-4-2-1-3-5-8/h1-5,9-10H,6-7,11H2/t9-/m1/s1. The summed E-state index contributed by atoms with van der Waals surface area (Å²) in [6.07, 6.45) is 0.810. The molecule has 0 aliphatic rings. The third kappa shape index (κ3) is 2.70. The van der Waals surface area contributed by atoms with Crippen molar-refractivity contribution in [3.05, 3.63) is 35.9 Å². The van der Waals surface area contributed by atoms with Crippen molar-refractivity contribution in [1.82, 2.24) is 5.73 Å². The van der Waals surface area contributed by atoms with Crippen LogP contribution in [0.2, 0.25) is 0 Å². The lowest BCUT2D eigenvalue weighted by atomic mass is 10.1. The fourth-order valence-corrected chi connectivity index (χ4v) is 0.989. The Morgan fingerprint density at radius 3 is 2.45 bits per heavy atom. The van der Waals surface area contributed by atoms with Gasteiger partial charge in [-0.25, -0.2) is 0 Å². The molecule has 0 aromatic heterocycles. The summed E-state index contributed by atoms with van der Waals surface area (Å²) in [5, 5.41) is 0. The molecule has 1 atom stereocenters. The van der Waals surface area contributed by atoms with E-state index in [1.165, 1.54) is 5.56 Å². The van der Waals surface area contributed by atoms with Crippen LogP contribution in [0.4, 0.5) is 0 Å². The summed E-state index contributed by atoms with van der Waals surface area (Å²) in [7, 11) is 0. The molecule has 2 nitrogen and oxygen atoms in total. The third-order valence-electron chi connectivity index (χ3n) is 1.60. The maximum absolute atomic E-state index is 7.03. The minimum absolute atomic E-state index is 0.0163. The third-order valence-corrected chi connectivity index (χ3v) is 1.60. The van der Waals surface area contributed by atoms with Gasteiger partial charge in [0.1, 0.15) is 0 Å². The van der Waals surface area contributed by atoms with Gasteiger partial charge in [-0.05, 0) is 12.0 Å². The first-order valence-corrected chi connectivity index (χ1v) is 3.77. The maximum atomic E-state index is 7.03. The smallest absolute Gasteiger partial charge is 0.0255 e. The van der Waals surface area contributed by atoms with E-state index in [1.807, 2.05) is 30.3 Å². The second-order valence-corrected chi connectivity index (χ2v) is 2.65. The monoisotopic (exact) mass is 149 g/mol. The Hall–Kier alpha value is -0.860. The molecular formula is C9H13N2. The van der Waals surface area contributed by atoms with E-state index in [0.717, 1.165) is 6.42 Å². The molecule has 59 valence electrons. The van der Waals surface area contributed by atoms with E-state index in [2.05, 4.69) is 0 Å². The van der Waals surface area contributed by atoms with E-state index in [1.54, 1.807) is 0 Å². The Balaban J connectivity index is 2.51. The summed E-state index contributed by atoms with van der Waals surface area (Å²) in [6, 6.07) is 10.0. The van der Waals surface area contributed by atoms with E-state index in [4.69, 9.17) is 11.5 Å². The minimum atomic E-state index is -0.0163. The lowest BCUT2D eigenvalue weighted by Crippen LogP contribution is -2.27. The summed E-state index contributed by atoms with van der Waals surface area (Å²) in [4.78, 5) is 0. The molecule has 0 spiro atoms. The fraction of sp³-hybridized carbons (Fsp3) is 0.333. The first kappa shape index (κ1) is 8.24. The molecule has 1 rings (SSSR count). The molecule has 0 aliphatic heterocycles. The van der Waals surface area contributed by atoms with Crippen molar-refractivity contribution >= 4 is 0 Å². The normalized spacial score (nSPS) is 12.9. The van der Waals surface area contributed by atoms with Crippen LogP contribution in [0, 0.1) is 0 Å². The van der Waals surface area contributed by atoms with Gasteiger partial charge in [0.25, 0.3) is 0 Å². The SMILES string of the molecule is [NH]C[C@H](N)Cc1ccccc1. The van der Waals surface area contributed by atoms with Crippen molar-refractivity contribution in [2.24, 2.45) is 5.73 Å². The molecule has 1 aromatic carbocycles. The van der Waals surface area contributed by atoms with Crippen LogP contribution in [-0.4, -0.2) is 12.6 Å². The van der Waals surface area contributed by atoms with Gasteiger partial charge < -0.3 is 5.73 Å². The molecule has 3 N–H and O–H groups in total. The van der Waals surface area contributed by atoms with Crippen LogP contribution in [0.3, 0.4) is 0 Å². The van der Waals surface area contributed by atoms with Gasteiger partial charge >= 0.3 is 0 Å². The highest BCUT2D eigenvalue weighted by atomic mass is 14.7. The van der Waals surface area contributed by atoms with Gasteiger partial charge in [-0.2, -0.15) is 0 Å². The minimum Gasteiger partial charge on any atom is -0.326 e. The van der Waals surface area contributed by atoms with Crippen LogP contribution in [0.5, 0.6) is 0 Å². The Kier molecular flexibility index (Phi) is 3.08. The number of hydrogen-bond donors (Lipinski definition) is 1. The van der Waals surface area contributed by atoms with Crippen molar-refractivity contribution in [2.75, 3.05) is 6.54 Å². The van der Waals surface area contributed by atoms with Gasteiger partial charge in [-0.1, -0.05) is 30.3 Å². The van der Waals surface area contributed by atoms with E-state index in [-0.39, 0.29) is 6.04 Å². The highest BCUT2D eigenvalue weighted by molar-refractivity contribution is 5.15. The molecule has 0 fully saturated rings. The zero-order valence-electron chi connectivity index (χ0n) is 6.46. The Morgan fingerprint density at radius 1 is 1.27 bits per heavy atom. The van der Waals surface area contributed by atoms with Gasteiger partial charge in [-0.15, -0.1) is 0 Å². The van der Waals surface area contributed by atoms with E-state index >= 15 is 0 Å². The molecule has 0 heterocycles. The second-order valence-electron chi connectivity index (χ2n) is 2.65. The van der Waals surface area contributed by atoms with Crippen molar-refractivity contribution in [3.8, 4) is 0 Å². The lowest BCUT2D eigenvalue weighted by molar-refractivity contribution is 0.669. The van der Waals surface area contributed by atoms with Gasteiger partial charge in [0.05, 0.1) is 0 Å². The summed E-state index contributed by atoms with van der Waals surface area (Å²) < 4.78 is 0. The van der Waals surface area contributed by atoms with Crippen LogP contribution in [-0.2, 0) is 6.42 Å². The summed E-state index contributed by atoms with van der Waals surface area (Å²) in [5.74, 6) is 0. The largest absolute Gasteiger partial charge is 0.326 e. The van der Waals surface area contributed by atoms with Crippen LogP contribution < -0.4 is 11.5 Å². The zero-order chi connectivity index (χ0) is 8.10. The molecule has 0 amide bonds. The van der Waals surface area contributed by atoms with E-state index < -0.39 is 0 Å². The van der Waals surface area contributed by atoms with Gasteiger partial charge in [0.15, 0.2) is 0 Å². The van der Waals surface area contributed by atoms with Crippen LogP contribution in [0.1, 0.15) is 5.56 Å². The Morgan fingerprint density at radius 2 is 1.91 bits per heavy atom. The Bertz CT molecular complexity index is 196. The van der Waals surface area contributed by atoms with Crippen LogP contribution in [0.15, 0.2) is 30.3 Å². The molecular weight excluding hydrogens is 136 g/mol. The van der Waals surface area contributed by atoms with Crippen molar-refractivity contribution < 1.29 is 0 Å². The average molecular weight is 149 g/mol. The molecule has 0 bridgehead atoms. The van der Waals surface area contributed by atoms with Crippen molar-refractivity contribution in [2.45, 2.75) is 12.5 Å². The highest BCUT2D eigenvalue weighted by Crippen LogP contribution is 2.00. The van der Waals surface area contributed by atoms with Crippen molar-refractivity contribution in [3.63, 3.8) is 0 Å². The molecule has 1 radical (unpaired) electrons. The van der Waals surface area contributed by atoms with Crippen LogP contribution in [0.25, 0.3) is 0 Å². The summed E-state index contributed by atoms with van der Waals surface area (Å²) in [5.41, 5.74) is 13.9. The molecule has 0 unspecified atom stereocenters. The molecule has 1 aromatic rings. The van der Waals surface area contributed by atoms with Gasteiger partial charge in [0.2, 0.25) is 0 Å². The van der Waals surface area contributed by atoms with Crippen LogP contribution >= 0.6 is 0 Å². The number of nitrogens with one attached hydrogen (secondary N) is 1.